The number of benzene rings is 1. The zero-order chi connectivity index (χ0) is 9.42. The maximum Gasteiger partial charge on any atom is 0.170 e. The molecule has 13 heavy (non-hydrogen) atoms. The number of rotatable bonds is 0. The molecule has 1 aliphatic rings. The zero-order valence-electron chi connectivity index (χ0n) is 6.87. The van der Waals surface area contributed by atoms with E-state index in [2.05, 4.69) is 5.32 Å². The summed E-state index contributed by atoms with van der Waals surface area (Å²) in [6, 6.07) is 2.61. The maximum absolute atomic E-state index is 11.3. The first-order chi connectivity index (χ1) is 6.18. The predicted octanol–water partition coefficient (Wildman–Crippen LogP) is 1.10. The number of hydrogen-bond acceptors (Lipinski definition) is 4. The minimum absolute atomic E-state index is 0.0431. The number of ketones is 1. The fourth-order valence-electron chi connectivity index (χ4n) is 1.48. The van der Waals surface area contributed by atoms with Crippen molar-refractivity contribution in [3.8, 4) is 11.5 Å². The van der Waals surface area contributed by atoms with Crippen molar-refractivity contribution in [1.82, 2.24) is 0 Å². The van der Waals surface area contributed by atoms with E-state index in [0.717, 1.165) is 0 Å². The third-order valence-corrected chi connectivity index (χ3v) is 2.05. The average Bonchev–Trinajstić information content (AvgIpc) is 2.02. The Balaban J connectivity index is 2.63. The van der Waals surface area contributed by atoms with Crippen LogP contribution in [0.3, 0.4) is 0 Å². The lowest BCUT2D eigenvalue weighted by molar-refractivity contribution is 0.0981. The molecule has 1 aromatic carbocycles. The molecule has 0 aromatic heterocycles. The van der Waals surface area contributed by atoms with E-state index in [9.17, 15) is 9.90 Å². The van der Waals surface area contributed by atoms with Gasteiger partial charge >= 0.3 is 0 Å². The summed E-state index contributed by atoms with van der Waals surface area (Å²) in [4.78, 5) is 11.3. The number of fused-ring (bicyclic) bond motifs is 1. The highest BCUT2D eigenvalue weighted by atomic mass is 16.3. The first-order valence-corrected chi connectivity index (χ1v) is 4.01. The highest BCUT2D eigenvalue weighted by Gasteiger charge is 2.21. The molecule has 1 aromatic rings. The van der Waals surface area contributed by atoms with Crippen LogP contribution in [0.4, 0.5) is 5.69 Å². The van der Waals surface area contributed by atoms with Crippen molar-refractivity contribution in [2.75, 3.05) is 11.9 Å². The van der Waals surface area contributed by atoms with Crippen molar-refractivity contribution >= 4 is 11.5 Å². The van der Waals surface area contributed by atoms with Crippen molar-refractivity contribution in [3.05, 3.63) is 17.7 Å². The first-order valence-electron chi connectivity index (χ1n) is 4.01. The quantitative estimate of drug-likeness (QED) is 0.557. The minimum atomic E-state index is -0.160. The number of nitrogens with one attached hydrogen (secondary N) is 1. The number of anilines is 1. The highest BCUT2D eigenvalue weighted by Crippen LogP contribution is 2.33. The summed E-state index contributed by atoms with van der Waals surface area (Å²) >= 11 is 0. The molecule has 0 spiro atoms. The summed E-state index contributed by atoms with van der Waals surface area (Å²) < 4.78 is 0. The largest absolute Gasteiger partial charge is 0.508 e. The monoisotopic (exact) mass is 179 g/mol. The van der Waals surface area contributed by atoms with Crippen LogP contribution < -0.4 is 5.32 Å². The van der Waals surface area contributed by atoms with Crippen LogP contribution in [0, 0.1) is 0 Å². The van der Waals surface area contributed by atoms with E-state index in [0.29, 0.717) is 18.7 Å². The topological polar surface area (TPSA) is 69.6 Å². The smallest absolute Gasteiger partial charge is 0.170 e. The summed E-state index contributed by atoms with van der Waals surface area (Å²) in [5, 5.41) is 21.5. The molecule has 0 radical (unpaired) electrons. The molecule has 3 N–H and O–H groups in total. The summed E-state index contributed by atoms with van der Waals surface area (Å²) in [6.45, 7) is 0.550. The normalized spacial score (nSPS) is 14.9. The lowest BCUT2D eigenvalue weighted by Crippen LogP contribution is -2.17. The standard InChI is InChI=1S/C9H9NO3/c11-5-3-6-9(8(13)4-5)7(12)1-2-10-6/h3-4,10-11,13H,1-2H2. The van der Waals surface area contributed by atoms with Crippen LogP contribution in [0.25, 0.3) is 0 Å². The molecule has 0 saturated heterocycles. The first kappa shape index (κ1) is 7.91. The summed E-state index contributed by atoms with van der Waals surface area (Å²) in [7, 11) is 0. The summed E-state index contributed by atoms with van der Waals surface area (Å²) in [6.07, 6.45) is 0.380. The SMILES string of the molecule is O=C1CCNc2cc(O)cc(O)c21. The maximum atomic E-state index is 11.3. The van der Waals surface area contributed by atoms with Crippen LogP contribution in [-0.4, -0.2) is 22.5 Å². The van der Waals surface area contributed by atoms with Gasteiger partial charge in [-0.05, 0) is 0 Å². The van der Waals surface area contributed by atoms with Gasteiger partial charge in [0, 0.05) is 25.1 Å². The number of carbonyl (C=O) groups excluding carboxylic acids is 1. The Kier molecular flexibility index (Phi) is 1.62. The number of phenolic OH excluding ortho intramolecular Hbond substituents is 2. The van der Waals surface area contributed by atoms with Crippen LogP contribution in [0.1, 0.15) is 16.8 Å². The second-order valence-electron chi connectivity index (χ2n) is 2.99. The summed E-state index contributed by atoms with van der Waals surface area (Å²) in [5.74, 6) is -0.295. The molecule has 68 valence electrons. The molecular weight excluding hydrogens is 170 g/mol. The van der Waals surface area contributed by atoms with Crippen LogP contribution in [0.2, 0.25) is 0 Å². The van der Waals surface area contributed by atoms with Gasteiger partial charge in [0.2, 0.25) is 0 Å². The van der Waals surface area contributed by atoms with E-state index in [1.165, 1.54) is 12.1 Å². The van der Waals surface area contributed by atoms with E-state index >= 15 is 0 Å². The fourth-order valence-corrected chi connectivity index (χ4v) is 1.48. The highest BCUT2D eigenvalue weighted by molar-refractivity contribution is 6.05. The van der Waals surface area contributed by atoms with Gasteiger partial charge in [0.25, 0.3) is 0 Å². The molecule has 4 nitrogen and oxygen atoms in total. The Labute approximate surface area is 74.8 Å². The number of hydrogen-bond donors (Lipinski definition) is 3. The van der Waals surface area contributed by atoms with Gasteiger partial charge in [0.1, 0.15) is 11.5 Å². The Hall–Kier alpha value is -1.71. The number of carbonyl (C=O) groups is 1. The van der Waals surface area contributed by atoms with Gasteiger partial charge in [-0.1, -0.05) is 0 Å². The van der Waals surface area contributed by atoms with E-state index < -0.39 is 0 Å². The van der Waals surface area contributed by atoms with Crippen LogP contribution in [0.15, 0.2) is 12.1 Å². The van der Waals surface area contributed by atoms with Gasteiger partial charge in [-0.15, -0.1) is 0 Å². The van der Waals surface area contributed by atoms with E-state index in [4.69, 9.17) is 5.11 Å². The van der Waals surface area contributed by atoms with Crippen molar-refractivity contribution in [2.24, 2.45) is 0 Å². The molecule has 0 unspecified atom stereocenters. The Morgan fingerprint density at radius 3 is 2.85 bits per heavy atom. The van der Waals surface area contributed by atoms with Gasteiger partial charge in [0.15, 0.2) is 5.78 Å². The van der Waals surface area contributed by atoms with E-state index in [1.54, 1.807) is 0 Å². The summed E-state index contributed by atoms with van der Waals surface area (Å²) in [5.41, 5.74) is 0.790. The number of aromatic hydroxyl groups is 2. The van der Waals surface area contributed by atoms with Gasteiger partial charge in [-0.2, -0.15) is 0 Å². The number of Topliss-reactive ketones (excluding diaryl/α,β-unsaturated/α-hetero) is 1. The average molecular weight is 179 g/mol. The van der Waals surface area contributed by atoms with Gasteiger partial charge in [-0.3, -0.25) is 4.79 Å². The Morgan fingerprint density at radius 2 is 2.08 bits per heavy atom. The third kappa shape index (κ3) is 1.20. The molecule has 0 amide bonds. The molecule has 0 aliphatic carbocycles. The van der Waals surface area contributed by atoms with Crippen LogP contribution in [-0.2, 0) is 0 Å². The van der Waals surface area contributed by atoms with Gasteiger partial charge in [-0.25, -0.2) is 0 Å². The fraction of sp³-hybridized carbons (Fsp3) is 0.222. The Bertz CT molecular complexity index is 373. The molecule has 1 aliphatic heterocycles. The molecule has 4 heteroatoms. The molecule has 0 atom stereocenters. The van der Waals surface area contributed by atoms with Crippen molar-refractivity contribution in [2.45, 2.75) is 6.42 Å². The second kappa shape index (κ2) is 2.65. The molecule has 0 bridgehead atoms. The van der Waals surface area contributed by atoms with Crippen molar-refractivity contribution < 1.29 is 15.0 Å². The van der Waals surface area contributed by atoms with Crippen molar-refractivity contribution in [1.29, 1.82) is 0 Å². The Morgan fingerprint density at radius 1 is 1.31 bits per heavy atom. The lowest BCUT2D eigenvalue weighted by Gasteiger charge is -2.17. The van der Waals surface area contributed by atoms with E-state index in [-0.39, 0.29) is 22.8 Å². The van der Waals surface area contributed by atoms with Crippen LogP contribution >= 0.6 is 0 Å². The lowest BCUT2D eigenvalue weighted by atomic mass is 10.0. The second-order valence-corrected chi connectivity index (χ2v) is 2.99. The molecule has 2 rings (SSSR count). The molecule has 0 saturated carbocycles. The van der Waals surface area contributed by atoms with Crippen LogP contribution in [0.5, 0.6) is 11.5 Å². The molecular formula is C9H9NO3. The van der Waals surface area contributed by atoms with Crippen molar-refractivity contribution in [3.63, 3.8) is 0 Å². The minimum Gasteiger partial charge on any atom is -0.508 e. The van der Waals surface area contributed by atoms with Gasteiger partial charge < -0.3 is 15.5 Å². The number of phenols is 2. The molecule has 1 heterocycles. The van der Waals surface area contributed by atoms with E-state index in [1.807, 2.05) is 0 Å². The van der Waals surface area contributed by atoms with Gasteiger partial charge in [0.05, 0.1) is 11.3 Å². The predicted molar refractivity (Wildman–Crippen MR) is 47.2 cm³/mol. The zero-order valence-corrected chi connectivity index (χ0v) is 6.87. The third-order valence-electron chi connectivity index (χ3n) is 2.05. The molecule has 0 fully saturated rings.